The van der Waals surface area contributed by atoms with Gasteiger partial charge in [0.05, 0.1) is 0 Å². The number of likely N-dealkylation sites (tertiary alicyclic amines) is 1. The van der Waals surface area contributed by atoms with E-state index in [4.69, 9.17) is 4.99 Å². The van der Waals surface area contributed by atoms with Crippen molar-refractivity contribution in [1.29, 1.82) is 0 Å². The molecule has 1 unspecified atom stereocenters. The molecule has 1 fully saturated rings. The number of rotatable bonds is 7. The van der Waals surface area contributed by atoms with Crippen LogP contribution in [0.5, 0.6) is 0 Å². The van der Waals surface area contributed by atoms with Crippen LogP contribution < -0.4 is 0 Å². The molecule has 198 valence electrons. The fraction of sp³-hybridized carbons (Fsp3) is 0.355. The minimum absolute atomic E-state index is 0.210. The lowest BCUT2D eigenvalue weighted by Gasteiger charge is -2.37. The molecule has 0 spiro atoms. The number of nitrogens with zero attached hydrogens (tertiary/aromatic N) is 3. The molecule has 3 aromatic carbocycles. The smallest absolute Gasteiger partial charge is 0.265 e. The van der Waals surface area contributed by atoms with Gasteiger partial charge in [0.15, 0.2) is 5.54 Å². The lowest BCUT2D eigenvalue weighted by molar-refractivity contribution is -0.130. The first-order chi connectivity index (χ1) is 18.3. The predicted octanol–water partition coefficient (Wildman–Crippen LogP) is 6.27. The first kappa shape index (κ1) is 26.2. The second-order valence-electron chi connectivity index (χ2n) is 10.3. The first-order valence-electron chi connectivity index (χ1n) is 13.2. The number of hydrogen-bond donors (Lipinski definition) is 0. The van der Waals surface area contributed by atoms with Gasteiger partial charge in [-0.15, -0.1) is 0 Å². The molecule has 38 heavy (non-hydrogen) atoms. The van der Waals surface area contributed by atoms with Gasteiger partial charge in [-0.05, 0) is 105 Å². The van der Waals surface area contributed by atoms with Crippen LogP contribution in [-0.2, 0) is 10.3 Å². The molecule has 0 aromatic heterocycles. The average molecular weight is 520 g/mol. The predicted molar refractivity (Wildman–Crippen MR) is 142 cm³/mol. The summed E-state index contributed by atoms with van der Waals surface area (Å²) in [6, 6.07) is 18.7. The highest BCUT2D eigenvalue weighted by molar-refractivity contribution is 6.09. The van der Waals surface area contributed by atoms with Crippen molar-refractivity contribution in [2.24, 2.45) is 4.99 Å². The molecule has 0 bridgehead atoms. The molecule has 1 atom stereocenters. The van der Waals surface area contributed by atoms with Gasteiger partial charge < -0.3 is 4.90 Å². The fourth-order valence-electron chi connectivity index (χ4n) is 5.79. The molecule has 3 aromatic rings. The number of carbonyl (C=O) groups excluding carboxylic acids is 1. The van der Waals surface area contributed by atoms with Crippen molar-refractivity contribution >= 4 is 11.7 Å². The molecule has 2 heterocycles. The first-order valence-corrected chi connectivity index (χ1v) is 13.2. The summed E-state index contributed by atoms with van der Waals surface area (Å²) >= 11 is 0. The van der Waals surface area contributed by atoms with Crippen molar-refractivity contribution in [3.63, 3.8) is 0 Å². The van der Waals surface area contributed by atoms with E-state index in [9.17, 15) is 18.0 Å². The fourth-order valence-corrected chi connectivity index (χ4v) is 5.79. The Morgan fingerprint density at radius 3 is 1.82 bits per heavy atom. The summed E-state index contributed by atoms with van der Waals surface area (Å²) in [6.07, 6.45) is 2.79. The van der Waals surface area contributed by atoms with E-state index < -0.39 is 17.2 Å². The molecule has 4 nitrogen and oxygen atoms in total. The van der Waals surface area contributed by atoms with Gasteiger partial charge >= 0.3 is 0 Å². The Bertz CT molecular complexity index is 1250. The number of benzene rings is 3. The number of amides is 1. The summed E-state index contributed by atoms with van der Waals surface area (Å²) in [5.41, 5.74) is 0.912. The molecule has 0 aliphatic carbocycles. The van der Waals surface area contributed by atoms with E-state index in [1.54, 1.807) is 29.2 Å². The Morgan fingerprint density at radius 2 is 1.32 bits per heavy atom. The normalized spacial score (nSPS) is 19.0. The standard InChI is InChI=1S/C31H32F3N3O/c1-21(36-18-16-24(17-19-36)23-3-9-27(32)10-4-23)15-20-37-22(2)35-31(30(37)38,25-5-11-28(33)12-6-25)26-7-13-29(34)14-8-26/h3-14,21,24H,15-20H2,1-2H3. The zero-order valence-electron chi connectivity index (χ0n) is 21.7. The molecule has 0 radical (unpaired) electrons. The van der Waals surface area contributed by atoms with Crippen LogP contribution in [0.25, 0.3) is 0 Å². The Kier molecular flexibility index (Phi) is 7.39. The van der Waals surface area contributed by atoms with Crippen molar-refractivity contribution in [3.8, 4) is 0 Å². The summed E-state index contributed by atoms with van der Waals surface area (Å²) in [4.78, 5) is 23.0. The summed E-state index contributed by atoms with van der Waals surface area (Å²) in [5, 5.41) is 0. The van der Waals surface area contributed by atoms with Crippen LogP contribution in [0.3, 0.4) is 0 Å². The number of carbonyl (C=O) groups is 1. The molecule has 0 saturated carbocycles. The Hall–Kier alpha value is -3.45. The highest BCUT2D eigenvalue weighted by Crippen LogP contribution is 2.40. The van der Waals surface area contributed by atoms with Gasteiger partial charge in [0.2, 0.25) is 0 Å². The van der Waals surface area contributed by atoms with E-state index in [1.165, 1.54) is 42.0 Å². The highest BCUT2D eigenvalue weighted by atomic mass is 19.1. The SMILES string of the molecule is CC1=NC(c2ccc(F)cc2)(c2ccc(F)cc2)C(=O)N1CCC(C)N1CCC(c2ccc(F)cc2)CC1. The van der Waals surface area contributed by atoms with E-state index in [2.05, 4.69) is 11.8 Å². The summed E-state index contributed by atoms with van der Waals surface area (Å²) in [7, 11) is 0. The number of piperidine rings is 1. The molecular formula is C31H32F3N3O. The maximum absolute atomic E-state index is 14.0. The maximum atomic E-state index is 14.0. The Morgan fingerprint density at radius 1 is 0.842 bits per heavy atom. The number of halogens is 3. The molecular weight excluding hydrogens is 487 g/mol. The third-order valence-electron chi connectivity index (χ3n) is 8.06. The lowest BCUT2D eigenvalue weighted by Crippen LogP contribution is -2.44. The van der Waals surface area contributed by atoms with E-state index >= 15 is 0 Å². The largest absolute Gasteiger partial charge is 0.301 e. The summed E-state index contributed by atoms with van der Waals surface area (Å²) in [5.74, 6) is -0.203. The van der Waals surface area contributed by atoms with Gasteiger partial charge in [-0.1, -0.05) is 36.4 Å². The van der Waals surface area contributed by atoms with Crippen molar-refractivity contribution in [3.05, 3.63) is 107 Å². The summed E-state index contributed by atoms with van der Waals surface area (Å²) < 4.78 is 40.7. The number of hydrogen-bond acceptors (Lipinski definition) is 3. The third kappa shape index (κ3) is 4.99. The van der Waals surface area contributed by atoms with Gasteiger partial charge in [-0.3, -0.25) is 9.69 Å². The van der Waals surface area contributed by atoms with Crippen LogP contribution in [0, 0.1) is 17.5 Å². The van der Waals surface area contributed by atoms with E-state index in [0.29, 0.717) is 29.4 Å². The minimum Gasteiger partial charge on any atom is -0.301 e. The van der Waals surface area contributed by atoms with Crippen molar-refractivity contribution in [2.75, 3.05) is 19.6 Å². The van der Waals surface area contributed by atoms with Crippen LogP contribution in [0.15, 0.2) is 77.8 Å². The molecule has 1 saturated heterocycles. The van der Waals surface area contributed by atoms with E-state index in [0.717, 1.165) is 32.4 Å². The molecule has 2 aliphatic rings. The topological polar surface area (TPSA) is 35.9 Å². The highest BCUT2D eigenvalue weighted by Gasteiger charge is 2.50. The Labute approximate surface area is 221 Å². The van der Waals surface area contributed by atoms with Crippen LogP contribution in [-0.4, -0.2) is 47.2 Å². The summed E-state index contributed by atoms with van der Waals surface area (Å²) in [6.45, 7) is 6.38. The quantitative estimate of drug-likeness (QED) is 0.369. The van der Waals surface area contributed by atoms with E-state index in [1.807, 2.05) is 19.1 Å². The molecule has 2 aliphatic heterocycles. The van der Waals surface area contributed by atoms with Gasteiger partial charge in [-0.25, -0.2) is 18.2 Å². The van der Waals surface area contributed by atoms with Crippen LogP contribution in [0.2, 0.25) is 0 Å². The molecule has 5 rings (SSSR count). The van der Waals surface area contributed by atoms with Crippen molar-refractivity contribution in [1.82, 2.24) is 9.80 Å². The van der Waals surface area contributed by atoms with E-state index in [-0.39, 0.29) is 17.8 Å². The second-order valence-corrected chi connectivity index (χ2v) is 10.3. The molecule has 1 amide bonds. The van der Waals surface area contributed by atoms with Crippen molar-refractivity contribution < 1.29 is 18.0 Å². The average Bonchev–Trinajstić information content (AvgIpc) is 3.18. The Balaban J connectivity index is 1.28. The van der Waals surface area contributed by atoms with Crippen LogP contribution >= 0.6 is 0 Å². The monoisotopic (exact) mass is 519 g/mol. The van der Waals surface area contributed by atoms with Gasteiger partial charge in [0.25, 0.3) is 5.91 Å². The lowest BCUT2D eigenvalue weighted by atomic mass is 9.82. The van der Waals surface area contributed by atoms with Crippen LogP contribution in [0.1, 0.15) is 55.7 Å². The van der Waals surface area contributed by atoms with Gasteiger partial charge in [0.1, 0.15) is 23.3 Å². The zero-order valence-corrected chi connectivity index (χ0v) is 21.7. The molecule has 7 heteroatoms. The maximum Gasteiger partial charge on any atom is 0.265 e. The number of aliphatic imine (C=N–C) groups is 1. The second kappa shape index (κ2) is 10.7. The van der Waals surface area contributed by atoms with Gasteiger partial charge in [0, 0.05) is 12.6 Å². The number of amidine groups is 1. The van der Waals surface area contributed by atoms with Crippen LogP contribution in [0.4, 0.5) is 13.2 Å². The minimum atomic E-state index is -1.37. The molecule has 0 N–H and O–H groups in total. The third-order valence-corrected chi connectivity index (χ3v) is 8.06. The van der Waals surface area contributed by atoms with Crippen molar-refractivity contribution in [2.45, 2.75) is 50.6 Å². The zero-order chi connectivity index (χ0) is 26.9. The van der Waals surface area contributed by atoms with Gasteiger partial charge in [-0.2, -0.15) is 0 Å².